The molecule has 33 heavy (non-hydrogen) atoms. The predicted molar refractivity (Wildman–Crippen MR) is 128 cm³/mol. The van der Waals surface area contributed by atoms with E-state index in [9.17, 15) is 4.79 Å². The lowest BCUT2D eigenvalue weighted by atomic mass is 9.88. The number of nitrogens with one attached hydrogen (secondary N) is 1. The van der Waals surface area contributed by atoms with Gasteiger partial charge in [-0.15, -0.1) is 0 Å². The van der Waals surface area contributed by atoms with Gasteiger partial charge in [0.15, 0.2) is 5.65 Å². The Balaban J connectivity index is 1.48. The Labute approximate surface area is 192 Å². The summed E-state index contributed by atoms with van der Waals surface area (Å²) in [5.74, 6) is 0.961. The molecule has 0 atom stereocenters. The van der Waals surface area contributed by atoms with Crippen LogP contribution in [0.4, 0.5) is 5.69 Å². The molecule has 1 N–H and O–H groups in total. The second-order valence-electron chi connectivity index (χ2n) is 8.57. The number of carbonyl (C=O) groups excluding carboxylic acids is 1. The average Bonchev–Trinajstić information content (AvgIpc) is 3.38. The van der Waals surface area contributed by atoms with E-state index in [1.165, 1.54) is 10.9 Å². The molecule has 1 saturated heterocycles. The summed E-state index contributed by atoms with van der Waals surface area (Å²) < 4.78 is 12.6. The molecule has 1 aliphatic heterocycles. The van der Waals surface area contributed by atoms with Gasteiger partial charge in [-0.3, -0.25) is 4.68 Å². The Hall–Kier alpha value is -3.55. The van der Waals surface area contributed by atoms with Crippen LogP contribution < -0.4 is 9.64 Å². The van der Waals surface area contributed by atoms with Crippen molar-refractivity contribution in [1.82, 2.24) is 19.7 Å². The average molecular weight is 448 g/mol. The molecule has 4 aromatic rings. The topological polar surface area (TPSA) is 85.3 Å². The molecule has 4 heterocycles. The largest absolute Gasteiger partial charge is 0.497 e. The molecule has 0 radical (unpaired) electrons. The number of rotatable bonds is 5. The van der Waals surface area contributed by atoms with Crippen LogP contribution in [0.15, 0.2) is 30.6 Å². The van der Waals surface area contributed by atoms with Crippen LogP contribution in [0.25, 0.3) is 21.9 Å². The van der Waals surface area contributed by atoms with E-state index < -0.39 is 0 Å². The van der Waals surface area contributed by atoms with Crippen molar-refractivity contribution in [1.29, 1.82) is 0 Å². The first-order chi connectivity index (χ1) is 16.0. The highest BCUT2D eigenvalue weighted by molar-refractivity contribution is 6.05. The SMILES string of the molecule is CCOC(=O)c1cnc2c(c(C)nn2C)c1N1CCC(c2c[nH]c3ccc(OC)cc23)CC1. The first-order valence-electron chi connectivity index (χ1n) is 11.4. The van der Waals surface area contributed by atoms with Gasteiger partial charge in [0.1, 0.15) is 11.3 Å². The molecule has 5 rings (SSSR count). The fourth-order valence-electron chi connectivity index (χ4n) is 5.08. The number of pyridine rings is 1. The van der Waals surface area contributed by atoms with Gasteiger partial charge in [-0.05, 0) is 56.4 Å². The number of piperidine rings is 1. The lowest BCUT2D eigenvalue weighted by Crippen LogP contribution is -2.34. The second kappa shape index (κ2) is 8.42. The number of nitrogens with zero attached hydrogens (tertiary/aromatic N) is 4. The van der Waals surface area contributed by atoms with E-state index in [1.807, 2.05) is 27.0 Å². The Bertz CT molecular complexity index is 1330. The highest BCUT2D eigenvalue weighted by Gasteiger charge is 2.29. The van der Waals surface area contributed by atoms with Crippen LogP contribution in [-0.4, -0.2) is 52.5 Å². The van der Waals surface area contributed by atoms with Crippen molar-refractivity contribution in [3.8, 4) is 5.75 Å². The van der Waals surface area contributed by atoms with Crippen molar-refractivity contribution >= 4 is 33.6 Å². The van der Waals surface area contributed by atoms with Crippen LogP contribution in [-0.2, 0) is 11.8 Å². The lowest BCUT2D eigenvalue weighted by Gasteiger charge is -2.35. The van der Waals surface area contributed by atoms with Crippen LogP contribution in [0.1, 0.15) is 47.3 Å². The number of aryl methyl sites for hydroxylation is 2. The number of methoxy groups -OCH3 is 1. The van der Waals surface area contributed by atoms with Gasteiger partial charge in [-0.2, -0.15) is 5.10 Å². The standard InChI is InChI=1S/C25H29N5O3/c1-5-33-25(31)20-14-27-24-22(15(2)28-29(24)3)23(20)30-10-8-16(9-11-30)19-13-26-21-7-6-17(32-4)12-18(19)21/h6-7,12-14,16,26H,5,8-11H2,1-4H3. The Morgan fingerprint density at radius 1 is 1.27 bits per heavy atom. The molecule has 0 amide bonds. The number of benzene rings is 1. The Morgan fingerprint density at radius 3 is 2.79 bits per heavy atom. The van der Waals surface area contributed by atoms with Crippen molar-refractivity contribution in [2.75, 3.05) is 31.7 Å². The minimum Gasteiger partial charge on any atom is -0.497 e. The number of anilines is 1. The molecule has 0 spiro atoms. The van der Waals surface area contributed by atoms with Crippen molar-refractivity contribution in [3.63, 3.8) is 0 Å². The zero-order valence-corrected chi connectivity index (χ0v) is 19.5. The quantitative estimate of drug-likeness (QED) is 0.459. The summed E-state index contributed by atoms with van der Waals surface area (Å²) in [6.45, 7) is 5.78. The van der Waals surface area contributed by atoms with Crippen LogP contribution >= 0.6 is 0 Å². The Kier molecular flexibility index (Phi) is 5.44. The number of aromatic amines is 1. The summed E-state index contributed by atoms with van der Waals surface area (Å²) in [5, 5.41) is 6.70. The van der Waals surface area contributed by atoms with Crippen molar-refractivity contribution in [2.24, 2.45) is 7.05 Å². The van der Waals surface area contributed by atoms with Gasteiger partial charge in [-0.25, -0.2) is 9.78 Å². The van der Waals surface area contributed by atoms with Gasteiger partial charge < -0.3 is 19.4 Å². The second-order valence-corrected chi connectivity index (χ2v) is 8.57. The van der Waals surface area contributed by atoms with E-state index in [2.05, 4.69) is 38.3 Å². The van der Waals surface area contributed by atoms with E-state index in [0.29, 0.717) is 18.1 Å². The molecule has 1 aromatic carbocycles. The summed E-state index contributed by atoms with van der Waals surface area (Å²) in [4.78, 5) is 23.0. The summed E-state index contributed by atoms with van der Waals surface area (Å²) >= 11 is 0. The summed E-state index contributed by atoms with van der Waals surface area (Å²) in [6.07, 6.45) is 5.73. The first-order valence-corrected chi connectivity index (χ1v) is 11.4. The summed E-state index contributed by atoms with van der Waals surface area (Å²) in [7, 11) is 3.58. The van der Waals surface area contributed by atoms with Crippen LogP contribution in [0.2, 0.25) is 0 Å². The third-order valence-corrected chi connectivity index (χ3v) is 6.67. The third kappa shape index (κ3) is 3.59. The van der Waals surface area contributed by atoms with Crippen LogP contribution in [0.3, 0.4) is 0 Å². The molecule has 3 aromatic heterocycles. The van der Waals surface area contributed by atoms with Crippen LogP contribution in [0, 0.1) is 6.92 Å². The molecule has 1 fully saturated rings. The zero-order valence-electron chi connectivity index (χ0n) is 19.5. The van der Waals surface area contributed by atoms with Gasteiger partial charge in [-0.1, -0.05) is 0 Å². The number of carbonyl (C=O) groups is 1. The molecule has 8 heteroatoms. The molecular formula is C25H29N5O3. The van der Waals surface area contributed by atoms with Crippen molar-refractivity contribution in [3.05, 3.63) is 47.4 Å². The lowest BCUT2D eigenvalue weighted by molar-refractivity contribution is 0.0526. The number of fused-ring (bicyclic) bond motifs is 2. The van der Waals surface area contributed by atoms with Gasteiger partial charge in [0.05, 0.1) is 30.5 Å². The normalized spacial score (nSPS) is 14.8. The van der Waals surface area contributed by atoms with Gasteiger partial charge >= 0.3 is 5.97 Å². The maximum atomic E-state index is 12.8. The first kappa shape index (κ1) is 21.3. The minimum atomic E-state index is -0.337. The monoisotopic (exact) mass is 447 g/mol. The number of esters is 1. The van der Waals surface area contributed by atoms with Gasteiger partial charge in [0, 0.05) is 43.4 Å². The van der Waals surface area contributed by atoms with Crippen molar-refractivity contribution < 1.29 is 14.3 Å². The predicted octanol–water partition coefficient (Wildman–Crippen LogP) is 4.33. The van der Waals surface area contributed by atoms with Crippen LogP contribution in [0.5, 0.6) is 5.75 Å². The van der Waals surface area contributed by atoms with E-state index in [4.69, 9.17) is 9.47 Å². The molecule has 1 aliphatic rings. The maximum Gasteiger partial charge on any atom is 0.341 e. The highest BCUT2D eigenvalue weighted by atomic mass is 16.5. The zero-order chi connectivity index (χ0) is 23.1. The molecule has 0 unspecified atom stereocenters. The third-order valence-electron chi connectivity index (χ3n) is 6.67. The number of aromatic nitrogens is 4. The molecule has 0 bridgehead atoms. The van der Waals surface area contributed by atoms with Gasteiger partial charge in [0.2, 0.25) is 0 Å². The Morgan fingerprint density at radius 2 is 2.06 bits per heavy atom. The van der Waals surface area contributed by atoms with E-state index in [0.717, 1.165) is 59.6 Å². The minimum absolute atomic E-state index is 0.328. The number of H-pyrrole nitrogens is 1. The highest BCUT2D eigenvalue weighted by Crippen LogP contribution is 2.39. The molecular weight excluding hydrogens is 418 g/mol. The fourth-order valence-corrected chi connectivity index (χ4v) is 5.08. The van der Waals surface area contributed by atoms with Gasteiger partial charge in [0.25, 0.3) is 0 Å². The number of ether oxygens (including phenoxy) is 2. The van der Waals surface area contributed by atoms with E-state index >= 15 is 0 Å². The summed E-state index contributed by atoms with van der Waals surface area (Å²) in [5.41, 5.74) is 5.50. The fraction of sp³-hybridized carbons (Fsp3) is 0.400. The smallest absolute Gasteiger partial charge is 0.341 e. The van der Waals surface area contributed by atoms with E-state index in [-0.39, 0.29) is 5.97 Å². The maximum absolute atomic E-state index is 12.8. The van der Waals surface area contributed by atoms with Crippen molar-refractivity contribution in [2.45, 2.75) is 32.6 Å². The molecule has 8 nitrogen and oxygen atoms in total. The number of hydrogen-bond donors (Lipinski definition) is 1. The van der Waals surface area contributed by atoms with E-state index in [1.54, 1.807) is 18.0 Å². The summed E-state index contributed by atoms with van der Waals surface area (Å²) in [6, 6.07) is 6.15. The molecule has 0 aliphatic carbocycles. The molecule has 0 saturated carbocycles. The molecule has 172 valence electrons. The number of hydrogen-bond acceptors (Lipinski definition) is 6.